The van der Waals surface area contributed by atoms with Crippen LogP contribution in [0.5, 0.6) is 0 Å². The summed E-state index contributed by atoms with van der Waals surface area (Å²) in [5.41, 5.74) is 0. The van der Waals surface area contributed by atoms with Crippen LogP contribution in [0.15, 0.2) is 0 Å². The Morgan fingerprint density at radius 2 is 1.95 bits per heavy atom. The van der Waals surface area contributed by atoms with Crippen LogP contribution in [0, 0.1) is 0 Å². The second-order valence-electron chi connectivity index (χ2n) is 5.75. The quantitative estimate of drug-likeness (QED) is 0.775. The first-order valence-electron chi connectivity index (χ1n) is 7.45. The van der Waals surface area contributed by atoms with Crippen molar-refractivity contribution in [3.8, 4) is 0 Å². The van der Waals surface area contributed by atoms with E-state index in [1.807, 2.05) is 0 Å². The summed E-state index contributed by atoms with van der Waals surface area (Å²) in [6.07, 6.45) is 6.84. The fraction of sp³-hybridized carbons (Fsp3) is 0.857. The standard InChI is InChI=1S/C14H25N3OS/c1-3-7-15-14(19)17-12-5-4-6-13(17)9-11(8-12)16-10(2)18/h11-13H,3-9H2,1-2H3,(H,15,19)(H,16,18)/t11?,12-,13+. The molecule has 0 spiro atoms. The lowest BCUT2D eigenvalue weighted by Gasteiger charge is -2.50. The third-order valence-electron chi connectivity index (χ3n) is 4.14. The molecule has 1 unspecified atom stereocenters. The Morgan fingerprint density at radius 1 is 1.32 bits per heavy atom. The molecule has 0 radical (unpaired) electrons. The van der Waals surface area contributed by atoms with E-state index in [1.165, 1.54) is 19.3 Å². The average molecular weight is 283 g/mol. The molecule has 2 aliphatic heterocycles. The molecule has 2 heterocycles. The summed E-state index contributed by atoms with van der Waals surface area (Å²) in [7, 11) is 0. The molecule has 4 nitrogen and oxygen atoms in total. The van der Waals surface area contributed by atoms with E-state index in [-0.39, 0.29) is 5.91 Å². The second kappa shape index (κ2) is 6.55. The minimum absolute atomic E-state index is 0.0863. The highest BCUT2D eigenvalue weighted by Crippen LogP contribution is 2.34. The van der Waals surface area contributed by atoms with Crippen LogP contribution in [-0.4, -0.2) is 40.6 Å². The summed E-state index contributed by atoms with van der Waals surface area (Å²) in [6.45, 7) is 4.71. The minimum atomic E-state index is 0.0863. The van der Waals surface area contributed by atoms with Crippen molar-refractivity contribution in [1.82, 2.24) is 15.5 Å². The highest BCUT2D eigenvalue weighted by Gasteiger charge is 2.39. The molecule has 19 heavy (non-hydrogen) atoms. The maximum atomic E-state index is 11.2. The number of nitrogens with zero attached hydrogens (tertiary/aromatic N) is 1. The van der Waals surface area contributed by atoms with Gasteiger partial charge >= 0.3 is 0 Å². The van der Waals surface area contributed by atoms with Crippen LogP contribution >= 0.6 is 12.2 Å². The Balaban J connectivity index is 1.99. The molecule has 0 aromatic rings. The number of nitrogens with one attached hydrogen (secondary N) is 2. The normalized spacial score (nSPS) is 29.8. The average Bonchev–Trinajstić information content (AvgIpc) is 2.34. The Labute approximate surface area is 121 Å². The maximum absolute atomic E-state index is 11.2. The molecule has 3 atom stereocenters. The van der Waals surface area contributed by atoms with Crippen molar-refractivity contribution < 1.29 is 4.79 Å². The van der Waals surface area contributed by atoms with Gasteiger partial charge in [-0.15, -0.1) is 0 Å². The number of carbonyl (C=O) groups is 1. The van der Waals surface area contributed by atoms with E-state index in [4.69, 9.17) is 12.2 Å². The molecule has 0 aromatic heterocycles. The lowest BCUT2D eigenvalue weighted by Crippen LogP contribution is -2.60. The summed E-state index contributed by atoms with van der Waals surface area (Å²) in [5, 5.41) is 7.35. The van der Waals surface area contributed by atoms with E-state index in [0.717, 1.165) is 30.9 Å². The summed E-state index contributed by atoms with van der Waals surface area (Å²) in [5.74, 6) is 0.0863. The predicted octanol–water partition coefficient (Wildman–Crippen LogP) is 1.79. The Kier molecular flexibility index (Phi) is 5.02. The topological polar surface area (TPSA) is 44.4 Å². The van der Waals surface area contributed by atoms with Gasteiger partial charge in [-0.1, -0.05) is 6.92 Å². The van der Waals surface area contributed by atoms with Gasteiger partial charge in [0, 0.05) is 31.6 Å². The van der Waals surface area contributed by atoms with Gasteiger partial charge in [0.2, 0.25) is 5.91 Å². The van der Waals surface area contributed by atoms with Crippen LogP contribution < -0.4 is 10.6 Å². The van der Waals surface area contributed by atoms with Crippen molar-refractivity contribution in [3.63, 3.8) is 0 Å². The zero-order chi connectivity index (χ0) is 13.8. The molecule has 0 aliphatic carbocycles. The molecule has 2 aliphatic rings. The zero-order valence-electron chi connectivity index (χ0n) is 11.9. The first kappa shape index (κ1) is 14.6. The van der Waals surface area contributed by atoms with Crippen molar-refractivity contribution in [2.24, 2.45) is 0 Å². The van der Waals surface area contributed by atoms with Crippen LogP contribution in [-0.2, 0) is 4.79 Å². The van der Waals surface area contributed by atoms with Gasteiger partial charge in [0.1, 0.15) is 0 Å². The Hall–Kier alpha value is -0.840. The number of thiocarbonyl (C=S) groups is 1. The van der Waals surface area contributed by atoms with Crippen LogP contribution in [0.3, 0.4) is 0 Å². The van der Waals surface area contributed by atoms with Gasteiger partial charge in [-0.3, -0.25) is 4.79 Å². The lowest BCUT2D eigenvalue weighted by molar-refractivity contribution is -0.120. The van der Waals surface area contributed by atoms with E-state index >= 15 is 0 Å². The fourth-order valence-corrected chi connectivity index (χ4v) is 3.84. The molecule has 2 saturated heterocycles. The number of amides is 1. The molecular weight excluding hydrogens is 258 g/mol. The molecular formula is C14H25N3OS. The summed E-state index contributed by atoms with van der Waals surface area (Å²) < 4.78 is 0. The fourth-order valence-electron chi connectivity index (χ4n) is 3.44. The molecule has 2 N–H and O–H groups in total. The van der Waals surface area contributed by atoms with Crippen molar-refractivity contribution in [2.75, 3.05) is 6.54 Å². The lowest BCUT2D eigenvalue weighted by atomic mass is 9.82. The van der Waals surface area contributed by atoms with Crippen LogP contribution in [0.2, 0.25) is 0 Å². The molecule has 2 bridgehead atoms. The molecule has 2 fully saturated rings. The third kappa shape index (κ3) is 3.59. The highest BCUT2D eigenvalue weighted by molar-refractivity contribution is 7.80. The molecule has 0 saturated carbocycles. The Morgan fingerprint density at radius 3 is 2.47 bits per heavy atom. The summed E-state index contributed by atoms with van der Waals surface area (Å²) >= 11 is 5.55. The van der Waals surface area contributed by atoms with E-state index in [9.17, 15) is 4.79 Å². The SMILES string of the molecule is CCCNC(=S)N1[C@@H]2CCC[C@H]1CC(NC(C)=O)C2. The van der Waals surface area contributed by atoms with E-state index in [2.05, 4.69) is 22.5 Å². The van der Waals surface area contributed by atoms with E-state index in [1.54, 1.807) is 6.92 Å². The van der Waals surface area contributed by atoms with Crippen LogP contribution in [0.4, 0.5) is 0 Å². The van der Waals surface area contributed by atoms with Crippen molar-refractivity contribution >= 4 is 23.2 Å². The van der Waals surface area contributed by atoms with E-state index in [0.29, 0.717) is 18.1 Å². The zero-order valence-corrected chi connectivity index (χ0v) is 12.8. The molecule has 0 aromatic carbocycles. The smallest absolute Gasteiger partial charge is 0.217 e. The van der Waals surface area contributed by atoms with Gasteiger partial charge in [0.15, 0.2) is 5.11 Å². The van der Waals surface area contributed by atoms with Gasteiger partial charge in [-0.25, -0.2) is 0 Å². The Bertz CT molecular complexity index is 334. The largest absolute Gasteiger partial charge is 0.363 e. The first-order valence-corrected chi connectivity index (χ1v) is 7.86. The van der Waals surface area contributed by atoms with Gasteiger partial charge < -0.3 is 15.5 Å². The summed E-state index contributed by atoms with van der Waals surface area (Å²) in [6, 6.07) is 1.33. The molecule has 5 heteroatoms. The number of carbonyl (C=O) groups excluding carboxylic acids is 1. The minimum Gasteiger partial charge on any atom is -0.363 e. The number of fused-ring (bicyclic) bond motifs is 2. The van der Waals surface area contributed by atoms with Crippen LogP contribution in [0.25, 0.3) is 0 Å². The van der Waals surface area contributed by atoms with E-state index < -0.39 is 0 Å². The number of hydrogen-bond acceptors (Lipinski definition) is 2. The number of rotatable bonds is 3. The van der Waals surface area contributed by atoms with Crippen LogP contribution in [0.1, 0.15) is 52.4 Å². The first-order chi connectivity index (χ1) is 9.11. The molecule has 2 rings (SSSR count). The van der Waals surface area contributed by atoms with Gasteiger partial charge in [0.25, 0.3) is 0 Å². The number of hydrogen-bond donors (Lipinski definition) is 2. The summed E-state index contributed by atoms with van der Waals surface area (Å²) in [4.78, 5) is 13.6. The van der Waals surface area contributed by atoms with Crippen molar-refractivity contribution in [1.29, 1.82) is 0 Å². The van der Waals surface area contributed by atoms with Gasteiger partial charge in [-0.2, -0.15) is 0 Å². The highest BCUT2D eigenvalue weighted by atomic mass is 32.1. The second-order valence-corrected chi connectivity index (χ2v) is 6.13. The maximum Gasteiger partial charge on any atom is 0.217 e. The predicted molar refractivity (Wildman–Crippen MR) is 81.0 cm³/mol. The van der Waals surface area contributed by atoms with Crippen molar-refractivity contribution in [2.45, 2.75) is 70.5 Å². The monoisotopic (exact) mass is 283 g/mol. The van der Waals surface area contributed by atoms with Gasteiger partial charge in [-0.05, 0) is 50.7 Å². The molecule has 1 amide bonds. The number of piperidine rings is 2. The molecule has 108 valence electrons. The third-order valence-corrected chi connectivity index (χ3v) is 4.50. The van der Waals surface area contributed by atoms with Crippen molar-refractivity contribution in [3.05, 3.63) is 0 Å². The van der Waals surface area contributed by atoms with Gasteiger partial charge in [0.05, 0.1) is 0 Å².